The third-order valence-corrected chi connectivity index (χ3v) is 4.50. The number of urea groups is 1. The minimum atomic E-state index is -0.875. The molecule has 0 aromatic heterocycles. The Bertz CT molecular complexity index is 1030. The Labute approximate surface area is 161 Å². The molecule has 2 heterocycles. The summed E-state index contributed by atoms with van der Waals surface area (Å²) in [4.78, 5) is 38.1. The Hall–Kier alpha value is -3.33. The molecule has 2 N–H and O–H groups in total. The number of nitrogens with one attached hydrogen (secondary N) is 1. The average Bonchev–Trinajstić information content (AvgIpc) is 3.09. The van der Waals surface area contributed by atoms with E-state index in [9.17, 15) is 19.5 Å². The number of hydrogen-bond acceptors (Lipinski definition) is 6. The van der Waals surface area contributed by atoms with Gasteiger partial charge in [-0.25, -0.2) is 9.69 Å². The lowest BCUT2D eigenvalue weighted by Gasteiger charge is -2.26. The number of nitrogens with zero attached hydrogens (tertiary/aromatic N) is 1. The van der Waals surface area contributed by atoms with Crippen LogP contribution in [0.4, 0.5) is 10.5 Å². The first-order chi connectivity index (χ1) is 12.9. The molecular formula is C18H11BrN2O6. The topological polar surface area (TPSA) is 105 Å². The van der Waals surface area contributed by atoms with Crippen LogP contribution >= 0.6 is 15.9 Å². The molecule has 0 spiro atoms. The summed E-state index contributed by atoms with van der Waals surface area (Å²) in [5.41, 5.74) is 0.183. The third-order valence-electron chi connectivity index (χ3n) is 4.01. The van der Waals surface area contributed by atoms with Gasteiger partial charge < -0.3 is 14.6 Å². The first kappa shape index (κ1) is 17.1. The summed E-state index contributed by atoms with van der Waals surface area (Å²) in [7, 11) is 0. The molecule has 8 nitrogen and oxygen atoms in total. The number of ether oxygens (including phenoxy) is 2. The zero-order valence-corrected chi connectivity index (χ0v) is 15.1. The fraction of sp³-hybridized carbons (Fsp3) is 0.0556. The van der Waals surface area contributed by atoms with Crippen molar-refractivity contribution < 1.29 is 29.0 Å². The minimum Gasteiger partial charge on any atom is -0.507 e. The van der Waals surface area contributed by atoms with Crippen molar-refractivity contribution in [3.05, 3.63) is 52.0 Å². The highest BCUT2D eigenvalue weighted by Gasteiger charge is 2.37. The molecule has 0 saturated carbocycles. The van der Waals surface area contributed by atoms with Crippen molar-refractivity contribution in [2.45, 2.75) is 0 Å². The van der Waals surface area contributed by atoms with E-state index in [0.717, 1.165) is 4.90 Å². The molecule has 0 atom stereocenters. The smallest absolute Gasteiger partial charge is 0.335 e. The zero-order valence-electron chi connectivity index (χ0n) is 13.6. The van der Waals surface area contributed by atoms with Gasteiger partial charge >= 0.3 is 6.03 Å². The number of amides is 4. The molecule has 4 amide bonds. The number of aromatic hydroxyl groups is 1. The summed E-state index contributed by atoms with van der Waals surface area (Å²) < 4.78 is 11.1. The number of halogens is 1. The molecule has 0 unspecified atom stereocenters. The third kappa shape index (κ3) is 3.02. The van der Waals surface area contributed by atoms with Crippen LogP contribution in [0, 0.1) is 0 Å². The highest BCUT2D eigenvalue weighted by Crippen LogP contribution is 2.36. The molecule has 0 radical (unpaired) electrons. The van der Waals surface area contributed by atoms with E-state index in [0.29, 0.717) is 16.0 Å². The number of barbiturate groups is 1. The van der Waals surface area contributed by atoms with E-state index >= 15 is 0 Å². The molecule has 2 aromatic rings. The van der Waals surface area contributed by atoms with Gasteiger partial charge in [0.2, 0.25) is 6.79 Å². The SMILES string of the molecule is O=C1NC(=O)N(c2ccc3c(c2)OCO3)C(=O)/C1=C/c1cc(Br)ccc1O. The summed E-state index contributed by atoms with van der Waals surface area (Å²) in [6.45, 7) is 0.0464. The van der Waals surface area contributed by atoms with Crippen LogP contribution in [0.1, 0.15) is 5.56 Å². The summed E-state index contributed by atoms with van der Waals surface area (Å²) in [5.74, 6) is -0.893. The van der Waals surface area contributed by atoms with Crippen LogP contribution in [-0.4, -0.2) is 29.7 Å². The van der Waals surface area contributed by atoms with Crippen molar-refractivity contribution in [3.63, 3.8) is 0 Å². The normalized spacial score (nSPS) is 17.4. The van der Waals surface area contributed by atoms with Crippen molar-refractivity contribution in [2.24, 2.45) is 0 Å². The predicted octanol–water partition coefficient (Wildman–Crippen LogP) is 2.55. The molecule has 2 aromatic carbocycles. The highest BCUT2D eigenvalue weighted by atomic mass is 79.9. The molecule has 0 bridgehead atoms. The number of rotatable bonds is 2. The van der Waals surface area contributed by atoms with Crippen LogP contribution in [-0.2, 0) is 9.59 Å². The second-order valence-corrected chi connectivity index (χ2v) is 6.61. The molecule has 0 aliphatic carbocycles. The van der Waals surface area contributed by atoms with Crippen LogP contribution in [0.25, 0.3) is 6.08 Å². The van der Waals surface area contributed by atoms with E-state index in [2.05, 4.69) is 21.2 Å². The van der Waals surface area contributed by atoms with Crippen molar-refractivity contribution in [1.82, 2.24) is 5.32 Å². The molecule has 27 heavy (non-hydrogen) atoms. The Morgan fingerprint density at radius 1 is 1.07 bits per heavy atom. The predicted molar refractivity (Wildman–Crippen MR) is 97.4 cm³/mol. The van der Waals surface area contributed by atoms with Gasteiger partial charge in [0, 0.05) is 16.1 Å². The molecule has 4 rings (SSSR count). The van der Waals surface area contributed by atoms with E-state index in [1.807, 2.05) is 0 Å². The van der Waals surface area contributed by atoms with E-state index in [1.165, 1.54) is 24.3 Å². The molecule has 9 heteroatoms. The number of anilines is 1. The number of imide groups is 2. The molecule has 2 aliphatic rings. The van der Waals surface area contributed by atoms with Crippen LogP contribution in [0.5, 0.6) is 17.2 Å². The Balaban J connectivity index is 1.75. The lowest BCUT2D eigenvalue weighted by Crippen LogP contribution is -2.54. The Morgan fingerprint density at radius 2 is 1.85 bits per heavy atom. The molecule has 136 valence electrons. The number of carbonyl (C=O) groups excluding carboxylic acids is 3. The second kappa shape index (κ2) is 6.44. The van der Waals surface area contributed by atoms with E-state index in [-0.39, 0.29) is 29.4 Å². The minimum absolute atomic E-state index is 0.0464. The van der Waals surface area contributed by atoms with Gasteiger partial charge in [0.15, 0.2) is 11.5 Å². The Kier molecular flexibility index (Phi) is 4.08. The second-order valence-electron chi connectivity index (χ2n) is 5.70. The number of phenolic OH excluding ortho intramolecular Hbond substituents is 1. The number of carbonyl (C=O) groups is 3. The average molecular weight is 431 g/mol. The maximum absolute atomic E-state index is 12.9. The van der Waals surface area contributed by atoms with Gasteiger partial charge in [0.1, 0.15) is 11.3 Å². The monoisotopic (exact) mass is 430 g/mol. The number of phenols is 1. The van der Waals surface area contributed by atoms with Crippen molar-refractivity contribution in [2.75, 3.05) is 11.7 Å². The van der Waals surface area contributed by atoms with Crippen LogP contribution in [0.3, 0.4) is 0 Å². The summed E-state index contributed by atoms with van der Waals surface area (Å²) in [6, 6.07) is 8.26. The standard InChI is InChI=1S/C18H11BrN2O6/c19-10-1-3-13(22)9(5-10)6-12-16(23)20-18(25)21(17(12)24)11-2-4-14-15(7-11)27-8-26-14/h1-7,22H,8H2,(H,20,23,25)/b12-6+. The van der Waals surface area contributed by atoms with Crippen molar-refractivity contribution >= 4 is 45.5 Å². The van der Waals surface area contributed by atoms with E-state index in [1.54, 1.807) is 18.2 Å². The van der Waals surface area contributed by atoms with Crippen LogP contribution < -0.4 is 19.7 Å². The van der Waals surface area contributed by atoms with E-state index in [4.69, 9.17) is 9.47 Å². The van der Waals surface area contributed by atoms with E-state index < -0.39 is 17.8 Å². The van der Waals surface area contributed by atoms with Gasteiger partial charge in [0.25, 0.3) is 11.8 Å². The quantitative estimate of drug-likeness (QED) is 0.560. The van der Waals surface area contributed by atoms with Gasteiger partial charge in [-0.15, -0.1) is 0 Å². The highest BCUT2D eigenvalue weighted by molar-refractivity contribution is 9.10. The number of hydrogen-bond donors (Lipinski definition) is 2. The molecule has 1 fully saturated rings. The Morgan fingerprint density at radius 3 is 2.67 bits per heavy atom. The summed E-state index contributed by atoms with van der Waals surface area (Å²) in [5, 5.41) is 12.1. The number of fused-ring (bicyclic) bond motifs is 1. The molecule has 2 aliphatic heterocycles. The van der Waals surface area contributed by atoms with Gasteiger partial charge in [-0.05, 0) is 36.4 Å². The number of benzene rings is 2. The largest absolute Gasteiger partial charge is 0.507 e. The van der Waals surface area contributed by atoms with Crippen LogP contribution in [0.15, 0.2) is 46.4 Å². The maximum atomic E-state index is 12.9. The first-order valence-corrected chi connectivity index (χ1v) is 8.53. The lowest BCUT2D eigenvalue weighted by atomic mass is 10.1. The summed E-state index contributed by atoms with van der Waals surface area (Å²) >= 11 is 3.26. The lowest BCUT2D eigenvalue weighted by molar-refractivity contribution is -0.122. The van der Waals surface area contributed by atoms with Gasteiger partial charge in [-0.2, -0.15) is 0 Å². The van der Waals surface area contributed by atoms with Crippen molar-refractivity contribution in [3.8, 4) is 17.2 Å². The van der Waals surface area contributed by atoms with Gasteiger partial charge in [-0.3, -0.25) is 14.9 Å². The summed E-state index contributed by atoms with van der Waals surface area (Å²) in [6.07, 6.45) is 1.23. The fourth-order valence-corrected chi connectivity index (χ4v) is 3.09. The van der Waals surface area contributed by atoms with Gasteiger partial charge in [0.05, 0.1) is 5.69 Å². The maximum Gasteiger partial charge on any atom is 0.335 e. The molecular weight excluding hydrogens is 420 g/mol. The van der Waals surface area contributed by atoms with Crippen molar-refractivity contribution in [1.29, 1.82) is 0 Å². The molecule has 1 saturated heterocycles. The fourth-order valence-electron chi connectivity index (χ4n) is 2.71. The van der Waals surface area contributed by atoms with Gasteiger partial charge in [-0.1, -0.05) is 15.9 Å². The first-order valence-electron chi connectivity index (χ1n) is 7.73. The zero-order chi connectivity index (χ0) is 19.1. The van der Waals surface area contributed by atoms with Crippen LogP contribution in [0.2, 0.25) is 0 Å².